The molecule has 5 heteroatoms. The van der Waals surface area contributed by atoms with E-state index >= 15 is 0 Å². The van der Waals surface area contributed by atoms with E-state index in [9.17, 15) is 9.59 Å². The van der Waals surface area contributed by atoms with Crippen LogP contribution in [0, 0.1) is 0 Å². The van der Waals surface area contributed by atoms with Gasteiger partial charge >= 0.3 is 0 Å². The smallest absolute Gasteiger partial charge is 0.224 e. The van der Waals surface area contributed by atoms with Crippen molar-refractivity contribution in [3.8, 4) is 0 Å². The van der Waals surface area contributed by atoms with Gasteiger partial charge in [0.2, 0.25) is 11.8 Å². The highest BCUT2D eigenvalue weighted by atomic mass is 16.5. The van der Waals surface area contributed by atoms with Gasteiger partial charge in [-0.05, 0) is 25.8 Å². The lowest BCUT2D eigenvalue weighted by molar-refractivity contribution is -0.151. The number of benzene rings is 1. The molecule has 0 saturated carbocycles. The fourth-order valence-electron chi connectivity index (χ4n) is 3.68. The Hall–Kier alpha value is -1.88. The highest BCUT2D eigenvalue weighted by molar-refractivity contribution is 5.81. The highest BCUT2D eigenvalue weighted by Gasteiger charge is 2.36. The maximum atomic E-state index is 12.7. The number of ether oxygens (including phenoxy) is 1. The average molecular weight is 330 g/mol. The van der Waals surface area contributed by atoms with Crippen LogP contribution in [-0.2, 0) is 19.9 Å². The Morgan fingerprint density at radius 2 is 2.04 bits per heavy atom. The molecule has 5 nitrogen and oxygen atoms in total. The van der Waals surface area contributed by atoms with Gasteiger partial charge in [-0.2, -0.15) is 0 Å². The first-order valence-corrected chi connectivity index (χ1v) is 8.76. The van der Waals surface area contributed by atoms with E-state index in [4.69, 9.17) is 4.74 Å². The van der Waals surface area contributed by atoms with Crippen molar-refractivity contribution in [2.24, 2.45) is 0 Å². The maximum Gasteiger partial charge on any atom is 0.224 e. The molecule has 0 unspecified atom stereocenters. The highest BCUT2D eigenvalue weighted by Crippen LogP contribution is 2.29. The van der Waals surface area contributed by atoms with Gasteiger partial charge in [-0.25, -0.2) is 0 Å². The summed E-state index contributed by atoms with van der Waals surface area (Å²) >= 11 is 0. The van der Waals surface area contributed by atoms with Crippen LogP contribution in [-0.4, -0.2) is 53.9 Å². The molecule has 0 aromatic heterocycles. The minimum Gasteiger partial charge on any atom is -0.367 e. The molecule has 2 saturated heterocycles. The summed E-state index contributed by atoms with van der Waals surface area (Å²) < 4.78 is 6.00. The van der Waals surface area contributed by atoms with E-state index in [1.54, 1.807) is 0 Å². The predicted octanol–water partition coefficient (Wildman–Crippen LogP) is 2.16. The number of carbonyl (C=O) groups is 2. The van der Waals surface area contributed by atoms with E-state index in [1.807, 2.05) is 54.0 Å². The molecule has 1 aromatic carbocycles. The van der Waals surface area contributed by atoms with Crippen molar-refractivity contribution < 1.29 is 14.3 Å². The maximum absolute atomic E-state index is 12.7. The Balaban J connectivity index is 1.64. The first-order valence-electron chi connectivity index (χ1n) is 8.76. The Morgan fingerprint density at radius 1 is 1.29 bits per heavy atom. The van der Waals surface area contributed by atoms with Gasteiger partial charge in [0.25, 0.3) is 0 Å². The van der Waals surface area contributed by atoms with Crippen molar-refractivity contribution in [3.63, 3.8) is 0 Å². The number of nitrogens with zero attached hydrogens (tertiary/aromatic N) is 2. The van der Waals surface area contributed by atoms with Crippen molar-refractivity contribution in [2.75, 3.05) is 26.2 Å². The average Bonchev–Trinajstić information content (AvgIpc) is 3.02. The molecule has 1 aromatic rings. The molecule has 0 spiro atoms. The van der Waals surface area contributed by atoms with Gasteiger partial charge in [-0.3, -0.25) is 9.59 Å². The van der Waals surface area contributed by atoms with E-state index in [0.29, 0.717) is 32.5 Å². The van der Waals surface area contributed by atoms with E-state index in [1.165, 1.54) is 0 Å². The fraction of sp³-hybridized carbons (Fsp3) is 0.579. The van der Waals surface area contributed by atoms with Crippen LogP contribution in [0.5, 0.6) is 0 Å². The molecule has 0 radical (unpaired) electrons. The van der Waals surface area contributed by atoms with Crippen LogP contribution < -0.4 is 0 Å². The lowest BCUT2D eigenvalue weighted by Crippen LogP contribution is -2.51. The third-order valence-corrected chi connectivity index (χ3v) is 5.12. The van der Waals surface area contributed by atoms with E-state index in [2.05, 4.69) is 0 Å². The molecular formula is C19H26N2O3. The Morgan fingerprint density at radius 3 is 2.71 bits per heavy atom. The molecule has 2 fully saturated rings. The normalized spacial score (nSPS) is 25.8. The van der Waals surface area contributed by atoms with E-state index in [-0.39, 0.29) is 17.9 Å². The molecule has 24 heavy (non-hydrogen) atoms. The van der Waals surface area contributed by atoms with Crippen molar-refractivity contribution in [2.45, 2.75) is 44.8 Å². The Bertz CT molecular complexity index is 604. The number of likely N-dealkylation sites (tertiary alicyclic amines) is 1. The van der Waals surface area contributed by atoms with Crippen molar-refractivity contribution >= 4 is 11.8 Å². The second-order valence-electron chi connectivity index (χ2n) is 7.00. The Labute approximate surface area is 143 Å². The summed E-state index contributed by atoms with van der Waals surface area (Å²) in [6.45, 7) is 6.48. The van der Waals surface area contributed by atoms with Crippen LogP contribution in [0.1, 0.15) is 38.7 Å². The molecule has 130 valence electrons. The predicted molar refractivity (Wildman–Crippen MR) is 91.4 cm³/mol. The summed E-state index contributed by atoms with van der Waals surface area (Å²) in [5.41, 5.74) is 0.618. The second kappa shape index (κ2) is 6.93. The lowest BCUT2D eigenvalue weighted by atomic mass is 9.93. The third-order valence-electron chi connectivity index (χ3n) is 5.12. The first-order chi connectivity index (χ1) is 11.5. The standard InChI is InChI=1S/C19H26N2O3/c1-15(21-10-6-9-17(21)22)13-18(23)20-11-12-24-19(2,14-20)16-7-4-3-5-8-16/h3-5,7-8,15H,6,9-14H2,1-2H3/t15-,19+/m0/s1. The van der Waals surface area contributed by atoms with Gasteiger partial charge in [-0.15, -0.1) is 0 Å². The summed E-state index contributed by atoms with van der Waals surface area (Å²) in [6, 6.07) is 10.0. The van der Waals surface area contributed by atoms with Crippen LogP contribution in [0.3, 0.4) is 0 Å². The topological polar surface area (TPSA) is 49.9 Å². The van der Waals surface area contributed by atoms with Gasteiger partial charge in [0.1, 0.15) is 5.60 Å². The van der Waals surface area contributed by atoms with E-state index in [0.717, 1.165) is 18.5 Å². The lowest BCUT2D eigenvalue weighted by Gasteiger charge is -2.41. The molecule has 3 rings (SSSR count). The van der Waals surface area contributed by atoms with Gasteiger partial charge in [0.05, 0.1) is 13.2 Å². The van der Waals surface area contributed by atoms with Gasteiger partial charge in [-0.1, -0.05) is 30.3 Å². The molecular weight excluding hydrogens is 304 g/mol. The number of rotatable bonds is 4. The summed E-state index contributed by atoms with van der Waals surface area (Å²) in [5, 5.41) is 0. The van der Waals surface area contributed by atoms with Gasteiger partial charge in [0, 0.05) is 32.0 Å². The van der Waals surface area contributed by atoms with Crippen LogP contribution in [0.2, 0.25) is 0 Å². The molecule has 2 aliphatic rings. The molecule has 0 aliphatic carbocycles. The monoisotopic (exact) mass is 330 g/mol. The van der Waals surface area contributed by atoms with E-state index < -0.39 is 5.60 Å². The summed E-state index contributed by atoms with van der Waals surface area (Å²) in [5.74, 6) is 0.277. The van der Waals surface area contributed by atoms with Crippen molar-refractivity contribution in [1.82, 2.24) is 9.80 Å². The van der Waals surface area contributed by atoms with Gasteiger partial charge < -0.3 is 14.5 Å². The Kier molecular flexibility index (Phi) is 4.90. The van der Waals surface area contributed by atoms with Crippen molar-refractivity contribution in [1.29, 1.82) is 0 Å². The van der Waals surface area contributed by atoms with Crippen LogP contribution in [0.15, 0.2) is 30.3 Å². The van der Waals surface area contributed by atoms with Crippen molar-refractivity contribution in [3.05, 3.63) is 35.9 Å². The molecule has 2 heterocycles. The minimum atomic E-state index is -0.470. The first kappa shape index (κ1) is 17.0. The number of hydrogen-bond donors (Lipinski definition) is 0. The molecule has 2 aliphatic heterocycles. The third kappa shape index (κ3) is 3.46. The largest absolute Gasteiger partial charge is 0.367 e. The molecule has 2 atom stereocenters. The molecule has 0 bridgehead atoms. The van der Waals surface area contributed by atoms with Crippen LogP contribution >= 0.6 is 0 Å². The molecule has 0 N–H and O–H groups in total. The summed E-state index contributed by atoms with van der Waals surface area (Å²) in [7, 11) is 0. The number of carbonyl (C=O) groups excluding carboxylic acids is 2. The quantitative estimate of drug-likeness (QED) is 0.850. The zero-order valence-corrected chi connectivity index (χ0v) is 14.5. The fourth-order valence-corrected chi connectivity index (χ4v) is 3.68. The SMILES string of the molecule is C[C@@H](CC(=O)N1CCO[C@@](C)(c2ccccc2)C1)N1CCCC1=O. The number of amides is 2. The zero-order valence-electron chi connectivity index (χ0n) is 14.5. The summed E-state index contributed by atoms with van der Waals surface area (Å²) in [6.07, 6.45) is 1.90. The van der Waals surface area contributed by atoms with Crippen LogP contribution in [0.25, 0.3) is 0 Å². The molecule has 2 amide bonds. The van der Waals surface area contributed by atoms with Gasteiger partial charge in [0.15, 0.2) is 0 Å². The van der Waals surface area contributed by atoms with Crippen LogP contribution in [0.4, 0.5) is 0 Å². The minimum absolute atomic E-state index is 0.0293. The number of morpholine rings is 1. The zero-order chi connectivity index (χ0) is 17.2. The summed E-state index contributed by atoms with van der Waals surface area (Å²) in [4.78, 5) is 28.3. The second-order valence-corrected chi connectivity index (χ2v) is 7.00. The number of hydrogen-bond acceptors (Lipinski definition) is 3.